The number of aliphatic hydroxyl groups is 1. The van der Waals surface area contributed by atoms with Crippen LogP contribution < -0.4 is 5.32 Å². The normalized spacial score (nSPS) is 27.4. The third-order valence-corrected chi connectivity index (χ3v) is 3.06. The van der Waals surface area contributed by atoms with Crippen molar-refractivity contribution in [2.24, 2.45) is 5.92 Å². The molecule has 0 saturated heterocycles. The third kappa shape index (κ3) is 4.49. The second-order valence-corrected chi connectivity index (χ2v) is 4.79. The van der Waals surface area contributed by atoms with Crippen LogP contribution in [0.1, 0.15) is 39.0 Å². The lowest BCUT2D eigenvalue weighted by molar-refractivity contribution is -0.124. The smallest absolute Gasteiger partial charge is 0.220 e. The minimum atomic E-state index is -0.365. The predicted octanol–water partition coefficient (Wildman–Crippen LogP) is 1.08. The molecule has 0 heterocycles. The van der Waals surface area contributed by atoms with Gasteiger partial charge < -0.3 is 15.2 Å². The maximum absolute atomic E-state index is 11.7. The van der Waals surface area contributed by atoms with Crippen LogP contribution in [0.25, 0.3) is 0 Å². The molecule has 4 nitrogen and oxygen atoms in total. The molecule has 2 N–H and O–H groups in total. The number of methoxy groups -OCH3 is 1. The molecule has 0 aromatic carbocycles. The second-order valence-electron chi connectivity index (χ2n) is 4.79. The van der Waals surface area contributed by atoms with Gasteiger partial charge in [0.15, 0.2) is 0 Å². The molecule has 0 radical (unpaired) electrons. The Labute approximate surface area is 97.4 Å². The van der Waals surface area contributed by atoms with E-state index in [1.165, 1.54) is 0 Å². The molecule has 16 heavy (non-hydrogen) atoms. The highest BCUT2D eigenvalue weighted by atomic mass is 16.5. The predicted molar refractivity (Wildman–Crippen MR) is 62.1 cm³/mol. The topological polar surface area (TPSA) is 58.6 Å². The summed E-state index contributed by atoms with van der Waals surface area (Å²) in [6.07, 6.45) is 3.96. The number of carbonyl (C=O) groups excluding carboxylic acids is 1. The van der Waals surface area contributed by atoms with Gasteiger partial charge in [-0.2, -0.15) is 0 Å². The number of ether oxygens (including phenoxy) is 1. The molecule has 0 bridgehead atoms. The van der Waals surface area contributed by atoms with Gasteiger partial charge in [0.05, 0.1) is 12.1 Å². The van der Waals surface area contributed by atoms with E-state index in [-0.39, 0.29) is 24.0 Å². The van der Waals surface area contributed by atoms with Gasteiger partial charge in [-0.3, -0.25) is 4.79 Å². The van der Waals surface area contributed by atoms with E-state index in [1.54, 1.807) is 7.11 Å². The second kappa shape index (κ2) is 6.86. The molecule has 0 spiro atoms. The van der Waals surface area contributed by atoms with Crippen molar-refractivity contribution in [2.75, 3.05) is 13.7 Å². The average Bonchev–Trinajstić information content (AvgIpc) is 2.21. The first-order chi connectivity index (χ1) is 7.63. The van der Waals surface area contributed by atoms with Crippen LogP contribution >= 0.6 is 0 Å². The highest BCUT2D eigenvalue weighted by Gasteiger charge is 2.24. The maximum Gasteiger partial charge on any atom is 0.220 e. The lowest BCUT2D eigenvalue weighted by Crippen LogP contribution is -2.45. The molecule has 1 fully saturated rings. The van der Waals surface area contributed by atoms with Gasteiger partial charge >= 0.3 is 0 Å². The van der Waals surface area contributed by atoms with Gasteiger partial charge in [0.25, 0.3) is 0 Å². The zero-order valence-electron chi connectivity index (χ0n) is 10.2. The van der Waals surface area contributed by atoms with Crippen molar-refractivity contribution in [2.45, 2.75) is 51.2 Å². The molecule has 0 aromatic rings. The van der Waals surface area contributed by atoms with E-state index in [2.05, 4.69) is 5.32 Å². The summed E-state index contributed by atoms with van der Waals surface area (Å²) in [5.41, 5.74) is 0. The molecule has 0 aliphatic heterocycles. The first-order valence-corrected chi connectivity index (χ1v) is 6.10. The van der Waals surface area contributed by atoms with Gasteiger partial charge in [0, 0.05) is 20.1 Å². The minimum Gasteiger partial charge on any atom is -0.391 e. The van der Waals surface area contributed by atoms with Crippen molar-refractivity contribution in [3.8, 4) is 0 Å². The van der Waals surface area contributed by atoms with Crippen LogP contribution in [-0.2, 0) is 9.53 Å². The molecule has 1 amide bonds. The lowest BCUT2D eigenvalue weighted by atomic mass is 9.92. The van der Waals surface area contributed by atoms with Crippen LogP contribution in [0.3, 0.4) is 0 Å². The Morgan fingerprint density at radius 1 is 1.50 bits per heavy atom. The molecular weight excluding hydrogens is 206 g/mol. The molecule has 3 unspecified atom stereocenters. The van der Waals surface area contributed by atoms with Crippen LogP contribution in [-0.4, -0.2) is 36.9 Å². The largest absolute Gasteiger partial charge is 0.391 e. The Morgan fingerprint density at radius 2 is 2.19 bits per heavy atom. The summed E-state index contributed by atoms with van der Waals surface area (Å²) in [6, 6.07) is -0.0454. The van der Waals surface area contributed by atoms with Gasteiger partial charge in [0.2, 0.25) is 5.91 Å². The number of rotatable bonds is 5. The average molecular weight is 229 g/mol. The molecule has 1 saturated carbocycles. The summed E-state index contributed by atoms with van der Waals surface area (Å²) in [5, 5.41) is 12.6. The van der Waals surface area contributed by atoms with Crippen molar-refractivity contribution >= 4 is 5.91 Å². The molecule has 3 atom stereocenters. The Kier molecular flexibility index (Phi) is 5.77. The molecular formula is C12H23NO3. The highest BCUT2D eigenvalue weighted by Crippen LogP contribution is 2.18. The van der Waals surface area contributed by atoms with Gasteiger partial charge in [0.1, 0.15) is 0 Å². The maximum atomic E-state index is 11.7. The highest BCUT2D eigenvalue weighted by molar-refractivity contribution is 5.76. The van der Waals surface area contributed by atoms with E-state index >= 15 is 0 Å². The van der Waals surface area contributed by atoms with Gasteiger partial charge in [-0.1, -0.05) is 19.8 Å². The Bertz CT molecular complexity index is 220. The molecule has 4 heteroatoms. The monoisotopic (exact) mass is 229 g/mol. The van der Waals surface area contributed by atoms with Crippen LogP contribution in [0.4, 0.5) is 0 Å². The quantitative estimate of drug-likeness (QED) is 0.741. The zero-order valence-corrected chi connectivity index (χ0v) is 10.2. The number of aliphatic hydroxyl groups excluding tert-OH is 1. The Hall–Kier alpha value is -0.610. The summed E-state index contributed by atoms with van der Waals surface area (Å²) in [7, 11) is 1.64. The van der Waals surface area contributed by atoms with Crippen molar-refractivity contribution < 1.29 is 14.6 Å². The molecule has 0 aromatic heterocycles. The van der Waals surface area contributed by atoms with Gasteiger partial charge in [-0.05, 0) is 18.8 Å². The van der Waals surface area contributed by atoms with Crippen molar-refractivity contribution in [1.82, 2.24) is 5.32 Å². The molecule has 1 aliphatic carbocycles. The summed E-state index contributed by atoms with van der Waals surface area (Å²) in [5.74, 6) is 0.251. The van der Waals surface area contributed by atoms with Crippen LogP contribution in [0.5, 0.6) is 0 Å². The number of amides is 1. The van der Waals surface area contributed by atoms with E-state index in [4.69, 9.17) is 4.74 Å². The lowest BCUT2D eigenvalue weighted by Gasteiger charge is -2.28. The van der Waals surface area contributed by atoms with Crippen LogP contribution in [0.2, 0.25) is 0 Å². The zero-order chi connectivity index (χ0) is 12.0. The fraction of sp³-hybridized carbons (Fsp3) is 0.917. The molecule has 1 rings (SSSR count). The number of carbonyl (C=O) groups is 1. The van der Waals surface area contributed by atoms with E-state index in [0.717, 1.165) is 25.7 Å². The Balaban J connectivity index is 2.27. The minimum absolute atomic E-state index is 0.0236. The van der Waals surface area contributed by atoms with Crippen LogP contribution in [0.15, 0.2) is 0 Å². The Morgan fingerprint density at radius 3 is 2.81 bits per heavy atom. The van der Waals surface area contributed by atoms with Crippen molar-refractivity contribution in [3.63, 3.8) is 0 Å². The SMILES string of the molecule is COCC(C)CC(=O)NC1CCCCC1O. The first-order valence-electron chi connectivity index (χ1n) is 6.10. The summed E-state index contributed by atoms with van der Waals surface area (Å²) in [4.78, 5) is 11.7. The standard InChI is InChI=1S/C12H23NO3/c1-9(8-16-2)7-12(15)13-10-5-3-4-6-11(10)14/h9-11,14H,3-8H2,1-2H3,(H,13,15). The summed E-state index contributed by atoms with van der Waals surface area (Å²) in [6.45, 7) is 2.58. The van der Waals surface area contributed by atoms with E-state index in [1.807, 2.05) is 6.92 Å². The molecule has 94 valence electrons. The van der Waals surface area contributed by atoms with E-state index < -0.39 is 0 Å². The van der Waals surface area contributed by atoms with E-state index in [0.29, 0.717) is 13.0 Å². The fourth-order valence-corrected chi connectivity index (χ4v) is 2.21. The summed E-state index contributed by atoms with van der Waals surface area (Å²) >= 11 is 0. The fourth-order valence-electron chi connectivity index (χ4n) is 2.21. The van der Waals surface area contributed by atoms with Gasteiger partial charge in [-0.15, -0.1) is 0 Å². The number of nitrogens with one attached hydrogen (secondary N) is 1. The summed E-state index contributed by atoms with van der Waals surface area (Å²) < 4.78 is 4.99. The van der Waals surface area contributed by atoms with Gasteiger partial charge in [-0.25, -0.2) is 0 Å². The number of hydrogen-bond acceptors (Lipinski definition) is 3. The van der Waals surface area contributed by atoms with Crippen molar-refractivity contribution in [3.05, 3.63) is 0 Å². The van der Waals surface area contributed by atoms with E-state index in [9.17, 15) is 9.90 Å². The third-order valence-electron chi connectivity index (χ3n) is 3.06. The van der Waals surface area contributed by atoms with Crippen LogP contribution in [0, 0.1) is 5.92 Å². The first kappa shape index (κ1) is 13.5. The molecule has 1 aliphatic rings. The number of hydrogen-bond donors (Lipinski definition) is 2. The van der Waals surface area contributed by atoms with Crippen molar-refractivity contribution in [1.29, 1.82) is 0 Å².